The number of nitrogens with zero attached hydrogens (tertiary/aromatic N) is 1. The molecule has 0 heterocycles. The van der Waals surface area contributed by atoms with E-state index in [1.807, 2.05) is 0 Å². The summed E-state index contributed by atoms with van der Waals surface area (Å²) in [6, 6.07) is 4.51. The van der Waals surface area contributed by atoms with Gasteiger partial charge >= 0.3 is 0 Å². The van der Waals surface area contributed by atoms with E-state index in [1.165, 1.54) is 20.2 Å². The molecule has 0 atom stereocenters. The van der Waals surface area contributed by atoms with Crippen molar-refractivity contribution in [2.75, 3.05) is 14.1 Å². The number of halogens is 2. The predicted octanol–water partition coefficient (Wildman–Crippen LogP) is 2.24. The van der Waals surface area contributed by atoms with Crippen LogP contribution in [0.15, 0.2) is 23.1 Å². The highest BCUT2D eigenvalue weighted by Crippen LogP contribution is 2.29. The third-order valence-corrected chi connectivity index (χ3v) is 4.46. The minimum atomic E-state index is -3.51. The maximum atomic E-state index is 11.7. The van der Waals surface area contributed by atoms with Crippen LogP contribution >= 0.6 is 23.2 Å². The summed E-state index contributed by atoms with van der Waals surface area (Å²) >= 11 is 11.5. The Balaban J connectivity index is 3.42. The quantitative estimate of drug-likeness (QED) is 0.811. The van der Waals surface area contributed by atoms with Crippen LogP contribution < -0.4 is 0 Å². The fourth-order valence-electron chi connectivity index (χ4n) is 0.880. The maximum absolute atomic E-state index is 11.7. The number of sulfonamides is 1. The molecule has 0 aliphatic carbocycles. The molecule has 0 N–H and O–H groups in total. The molecule has 3 nitrogen and oxygen atoms in total. The van der Waals surface area contributed by atoms with Crippen LogP contribution in [0, 0.1) is 0 Å². The number of benzene rings is 1. The average molecular weight is 254 g/mol. The Bertz CT molecular complexity index is 443. The van der Waals surface area contributed by atoms with Gasteiger partial charge in [0.15, 0.2) is 0 Å². The van der Waals surface area contributed by atoms with Crippen LogP contribution in [0.25, 0.3) is 0 Å². The monoisotopic (exact) mass is 253 g/mol. The summed E-state index contributed by atoms with van der Waals surface area (Å²) in [5.41, 5.74) is 0. The average Bonchev–Trinajstić information content (AvgIpc) is 2.09. The van der Waals surface area contributed by atoms with Gasteiger partial charge in [0.05, 0.1) is 10.0 Å². The predicted molar refractivity (Wildman–Crippen MR) is 57.3 cm³/mol. The van der Waals surface area contributed by atoms with E-state index in [4.69, 9.17) is 23.2 Å². The lowest BCUT2D eigenvalue weighted by atomic mass is 10.4. The molecule has 1 rings (SSSR count). The zero-order valence-electron chi connectivity index (χ0n) is 7.66. The Kier molecular flexibility index (Phi) is 3.42. The van der Waals surface area contributed by atoms with E-state index in [-0.39, 0.29) is 14.9 Å². The summed E-state index contributed by atoms with van der Waals surface area (Å²) in [7, 11) is -0.639. The van der Waals surface area contributed by atoms with Gasteiger partial charge in [0.2, 0.25) is 10.0 Å². The minimum absolute atomic E-state index is 0.0247. The van der Waals surface area contributed by atoms with E-state index >= 15 is 0 Å². The van der Waals surface area contributed by atoms with Crippen LogP contribution in [0.1, 0.15) is 0 Å². The summed E-state index contributed by atoms with van der Waals surface area (Å²) in [4.78, 5) is 0.0247. The molecule has 1 aromatic carbocycles. The molecule has 0 bridgehead atoms. The summed E-state index contributed by atoms with van der Waals surface area (Å²) in [6.07, 6.45) is 0. The lowest BCUT2D eigenvalue weighted by Crippen LogP contribution is -2.22. The van der Waals surface area contributed by atoms with Crippen molar-refractivity contribution < 1.29 is 8.42 Å². The van der Waals surface area contributed by atoms with Crippen molar-refractivity contribution >= 4 is 33.2 Å². The second-order valence-corrected chi connectivity index (χ2v) is 5.74. The second kappa shape index (κ2) is 4.06. The topological polar surface area (TPSA) is 37.4 Å². The Morgan fingerprint density at radius 3 is 2.29 bits per heavy atom. The lowest BCUT2D eigenvalue weighted by Gasteiger charge is -2.12. The Labute approximate surface area is 93.3 Å². The van der Waals surface area contributed by atoms with Crippen molar-refractivity contribution in [2.24, 2.45) is 0 Å². The van der Waals surface area contributed by atoms with Gasteiger partial charge in [-0.15, -0.1) is 0 Å². The van der Waals surface area contributed by atoms with Gasteiger partial charge < -0.3 is 0 Å². The molecular weight excluding hydrogens is 245 g/mol. The van der Waals surface area contributed by atoms with Crippen LogP contribution in [0.4, 0.5) is 0 Å². The van der Waals surface area contributed by atoms with Gasteiger partial charge in [0, 0.05) is 14.1 Å². The molecule has 0 radical (unpaired) electrons. The Morgan fingerprint density at radius 2 is 1.79 bits per heavy atom. The largest absolute Gasteiger partial charge is 0.244 e. The molecule has 78 valence electrons. The third kappa shape index (κ3) is 2.03. The normalized spacial score (nSPS) is 12.1. The van der Waals surface area contributed by atoms with Gasteiger partial charge in [0.25, 0.3) is 0 Å². The van der Waals surface area contributed by atoms with Gasteiger partial charge in [0.1, 0.15) is 4.90 Å². The van der Waals surface area contributed by atoms with E-state index in [2.05, 4.69) is 0 Å². The second-order valence-electron chi connectivity index (χ2n) is 2.84. The number of rotatable bonds is 2. The fourth-order valence-corrected chi connectivity index (χ4v) is 2.51. The molecular formula is C8H9Cl2NO2S. The van der Waals surface area contributed by atoms with Gasteiger partial charge in [-0.2, -0.15) is 0 Å². The first-order valence-corrected chi connectivity index (χ1v) is 5.93. The van der Waals surface area contributed by atoms with Crippen LogP contribution in [-0.2, 0) is 10.0 Å². The van der Waals surface area contributed by atoms with E-state index in [0.29, 0.717) is 0 Å². The van der Waals surface area contributed by atoms with Crippen LogP contribution in [0.5, 0.6) is 0 Å². The Hall–Kier alpha value is -0.290. The molecule has 6 heteroatoms. The van der Waals surface area contributed by atoms with Crippen molar-refractivity contribution in [3.05, 3.63) is 28.2 Å². The fraction of sp³-hybridized carbons (Fsp3) is 0.250. The van der Waals surface area contributed by atoms with Crippen molar-refractivity contribution in [3.63, 3.8) is 0 Å². The third-order valence-electron chi connectivity index (χ3n) is 1.67. The first-order valence-electron chi connectivity index (χ1n) is 3.74. The molecule has 0 spiro atoms. The summed E-state index contributed by atoms with van der Waals surface area (Å²) in [5, 5.41) is 0.289. The van der Waals surface area contributed by atoms with E-state index < -0.39 is 10.0 Å². The van der Waals surface area contributed by atoms with Gasteiger partial charge in [-0.25, -0.2) is 12.7 Å². The van der Waals surface area contributed by atoms with Crippen molar-refractivity contribution in [1.82, 2.24) is 4.31 Å². The van der Waals surface area contributed by atoms with Gasteiger partial charge in [-0.05, 0) is 12.1 Å². The van der Waals surface area contributed by atoms with Crippen LogP contribution in [-0.4, -0.2) is 26.8 Å². The molecule has 0 unspecified atom stereocenters. The van der Waals surface area contributed by atoms with Gasteiger partial charge in [-0.3, -0.25) is 0 Å². The highest BCUT2D eigenvalue weighted by Gasteiger charge is 2.21. The first-order chi connectivity index (χ1) is 6.37. The highest BCUT2D eigenvalue weighted by atomic mass is 35.5. The number of hydrogen-bond acceptors (Lipinski definition) is 2. The molecule has 0 aliphatic heterocycles. The van der Waals surface area contributed by atoms with Crippen molar-refractivity contribution in [3.8, 4) is 0 Å². The zero-order chi connectivity index (χ0) is 10.9. The standard InChI is InChI=1S/C8H9Cl2NO2S/c1-11(2)14(12,13)7-5-3-4-6(9)8(7)10/h3-5H,1-2H3. The molecule has 0 fully saturated rings. The molecule has 1 aromatic rings. The van der Waals surface area contributed by atoms with E-state index in [9.17, 15) is 8.42 Å². The maximum Gasteiger partial charge on any atom is 0.244 e. The van der Waals surface area contributed by atoms with Crippen molar-refractivity contribution in [2.45, 2.75) is 4.90 Å². The van der Waals surface area contributed by atoms with Crippen molar-refractivity contribution in [1.29, 1.82) is 0 Å². The minimum Gasteiger partial charge on any atom is -0.207 e. The molecule has 14 heavy (non-hydrogen) atoms. The highest BCUT2D eigenvalue weighted by molar-refractivity contribution is 7.89. The number of hydrogen-bond donors (Lipinski definition) is 0. The molecule has 0 aliphatic rings. The summed E-state index contributed by atoms with van der Waals surface area (Å²) in [6.45, 7) is 0. The molecule has 0 saturated carbocycles. The van der Waals surface area contributed by atoms with Gasteiger partial charge in [-0.1, -0.05) is 29.3 Å². The van der Waals surface area contributed by atoms with E-state index in [0.717, 1.165) is 4.31 Å². The summed E-state index contributed by atoms with van der Waals surface area (Å²) < 4.78 is 24.5. The zero-order valence-corrected chi connectivity index (χ0v) is 9.99. The van der Waals surface area contributed by atoms with Crippen LogP contribution in [0.2, 0.25) is 10.0 Å². The Morgan fingerprint density at radius 1 is 1.21 bits per heavy atom. The SMILES string of the molecule is CN(C)S(=O)(=O)c1cccc(Cl)c1Cl. The molecule has 0 aromatic heterocycles. The molecule has 0 amide bonds. The van der Waals surface area contributed by atoms with Crippen LogP contribution in [0.3, 0.4) is 0 Å². The van der Waals surface area contributed by atoms with E-state index in [1.54, 1.807) is 12.1 Å². The summed E-state index contributed by atoms with van der Waals surface area (Å²) in [5.74, 6) is 0. The lowest BCUT2D eigenvalue weighted by molar-refractivity contribution is 0.521. The first kappa shape index (κ1) is 11.8. The molecule has 0 saturated heterocycles. The smallest absolute Gasteiger partial charge is 0.207 e.